The van der Waals surface area contributed by atoms with E-state index in [1.807, 2.05) is 32.9 Å². The van der Waals surface area contributed by atoms with Crippen LogP contribution >= 0.6 is 0 Å². The average molecular weight is 292 g/mol. The minimum absolute atomic E-state index is 0.0761. The zero-order chi connectivity index (χ0) is 15.8. The van der Waals surface area contributed by atoms with Crippen molar-refractivity contribution in [3.8, 4) is 0 Å². The normalized spacial score (nSPS) is 12.0. The number of benzene rings is 1. The Bertz CT molecular complexity index is 479. The third-order valence-electron chi connectivity index (χ3n) is 2.96. The second-order valence-corrected chi connectivity index (χ2v) is 5.51. The van der Waals surface area contributed by atoms with E-state index < -0.39 is 12.1 Å². The number of aryl methyl sites for hydroxylation is 1. The number of hydrogen-bond donors (Lipinski definition) is 0. The van der Waals surface area contributed by atoms with E-state index in [9.17, 15) is 9.59 Å². The van der Waals surface area contributed by atoms with Gasteiger partial charge < -0.3 is 9.47 Å². The molecule has 1 aromatic carbocycles. The van der Waals surface area contributed by atoms with Crippen LogP contribution in [0.25, 0.3) is 0 Å². The lowest BCUT2D eigenvalue weighted by Gasteiger charge is -2.14. The second-order valence-electron chi connectivity index (χ2n) is 5.51. The first kappa shape index (κ1) is 17.2. The molecular weight excluding hydrogens is 268 g/mol. The third-order valence-corrected chi connectivity index (χ3v) is 2.96. The fraction of sp³-hybridized carbons (Fsp3) is 0.529. The molecule has 0 saturated carbocycles. The van der Waals surface area contributed by atoms with Crippen LogP contribution in [0.3, 0.4) is 0 Å². The summed E-state index contributed by atoms with van der Waals surface area (Å²) in [7, 11) is 0. The van der Waals surface area contributed by atoms with Crippen LogP contribution in [0.1, 0.15) is 50.0 Å². The monoisotopic (exact) mass is 292 g/mol. The number of ether oxygens (including phenoxy) is 2. The highest BCUT2D eigenvalue weighted by Crippen LogP contribution is 2.13. The van der Waals surface area contributed by atoms with Gasteiger partial charge in [-0.25, -0.2) is 4.79 Å². The maximum atomic E-state index is 12.1. The molecule has 0 heterocycles. The van der Waals surface area contributed by atoms with E-state index in [0.29, 0.717) is 18.1 Å². The van der Waals surface area contributed by atoms with Crippen LogP contribution in [-0.2, 0) is 20.7 Å². The summed E-state index contributed by atoms with van der Waals surface area (Å²) in [6.07, 6.45) is 0.338. The molecule has 0 aliphatic rings. The van der Waals surface area contributed by atoms with Crippen molar-refractivity contribution in [3.05, 3.63) is 35.4 Å². The minimum atomic E-state index is -0.498. The predicted octanol–water partition coefficient (Wildman–Crippen LogP) is 3.38. The molecule has 0 amide bonds. The number of hydrogen-bond acceptors (Lipinski definition) is 4. The molecule has 0 N–H and O–H groups in total. The Hall–Kier alpha value is -1.84. The molecule has 1 atom stereocenters. The van der Waals surface area contributed by atoms with Crippen LogP contribution in [-0.4, -0.2) is 24.6 Å². The number of carbonyl (C=O) groups is 2. The summed E-state index contributed by atoms with van der Waals surface area (Å²) in [4.78, 5) is 23.7. The molecule has 0 bridgehead atoms. The summed E-state index contributed by atoms with van der Waals surface area (Å²) in [6, 6.07) is 7.34. The molecule has 1 unspecified atom stereocenters. The average Bonchev–Trinajstić information content (AvgIpc) is 2.44. The molecule has 0 aromatic heterocycles. The third kappa shape index (κ3) is 5.98. The zero-order valence-electron chi connectivity index (χ0n) is 13.2. The zero-order valence-corrected chi connectivity index (χ0v) is 13.2. The number of carbonyl (C=O) groups excluding carboxylic acids is 2. The summed E-state index contributed by atoms with van der Waals surface area (Å²) < 4.78 is 10.4. The van der Waals surface area contributed by atoms with Crippen molar-refractivity contribution >= 4 is 11.9 Å². The fourth-order valence-electron chi connectivity index (χ4n) is 1.87. The maximum Gasteiger partial charge on any atom is 0.338 e. The standard InChI is InChI=1S/C17H24O4/c1-5-14-8-6-7-9-15(14)17(19)21-13(4)10-16(18)20-11-12(2)3/h6-9,12-13H,5,10-11H2,1-4H3. The van der Waals surface area contributed by atoms with E-state index in [4.69, 9.17) is 9.47 Å². The van der Waals surface area contributed by atoms with Gasteiger partial charge in [-0.3, -0.25) is 4.79 Å². The lowest BCUT2D eigenvalue weighted by atomic mass is 10.1. The molecule has 4 nitrogen and oxygen atoms in total. The van der Waals surface area contributed by atoms with Crippen LogP contribution in [0.2, 0.25) is 0 Å². The molecule has 0 fully saturated rings. The SMILES string of the molecule is CCc1ccccc1C(=O)OC(C)CC(=O)OCC(C)C. The number of rotatable bonds is 7. The largest absolute Gasteiger partial charge is 0.465 e. The van der Waals surface area contributed by atoms with Gasteiger partial charge in [-0.2, -0.15) is 0 Å². The van der Waals surface area contributed by atoms with Crippen LogP contribution in [0.15, 0.2) is 24.3 Å². The van der Waals surface area contributed by atoms with Gasteiger partial charge in [-0.15, -0.1) is 0 Å². The highest BCUT2D eigenvalue weighted by atomic mass is 16.6. The van der Waals surface area contributed by atoms with Crippen molar-refractivity contribution in [1.82, 2.24) is 0 Å². The van der Waals surface area contributed by atoms with Crippen LogP contribution in [0.5, 0.6) is 0 Å². The van der Waals surface area contributed by atoms with Crippen molar-refractivity contribution < 1.29 is 19.1 Å². The van der Waals surface area contributed by atoms with Gasteiger partial charge in [0.2, 0.25) is 0 Å². The van der Waals surface area contributed by atoms with Crippen LogP contribution in [0, 0.1) is 5.92 Å². The van der Waals surface area contributed by atoms with E-state index in [1.165, 1.54) is 0 Å². The molecule has 4 heteroatoms. The lowest BCUT2D eigenvalue weighted by molar-refractivity contribution is -0.146. The van der Waals surface area contributed by atoms with Crippen molar-refractivity contribution in [1.29, 1.82) is 0 Å². The van der Waals surface area contributed by atoms with Gasteiger partial charge in [0.1, 0.15) is 6.10 Å². The van der Waals surface area contributed by atoms with Crippen molar-refractivity contribution in [3.63, 3.8) is 0 Å². The Morgan fingerprint density at radius 2 is 1.81 bits per heavy atom. The summed E-state index contributed by atoms with van der Waals surface area (Å²) in [5.74, 6) is -0.437. The van der Waals surface area contributed by atoms with Gasteiger partial charge in [-0.1, -0.05) is 39.0 Å². The second kappa shape index (κ2) is 8.45. The minimum Gasteiger partial charge on any atom is -0.465 e. The lowest BCUT2D eigenvalue weighted by Crippen LogP contribution is -2.21. The van der Waals surface area contributed by atoms with Gasteiger partial charge in [0.25, 0.3) is 0 Å². The maximum absolute atomic E-state index is 12.1. The van der Waals surface area contributed by atoms with Gasteiger partial charge in [0.05, 0.1) is 18.6 Å². The van der Waals surface area contributed by atoms with E-state index in [-0.39, 0.29) is 12.4 Å². The Morgan fingerprint density at radius 1 is 1.14 bits per heavy atom. The predicted molar refractivity (Wildman–Crippen MR) is 81.1 cm³/mol. The Kier molecular flexibility index (Phi) is 6.92. The first-order chi connectivity index (χ1) is 9.93. The molecule has 0 aliphatic heterocycles. The summed E-state index contributed by atoms with van der Waals surface area (Å²) in [5, 5.41) is 0. The first-order valence-corrected chi connectivity index (χ1v) is 7.38. The van der Waals surface area contributed by atoms with Gasteiger partial charge in [-0.05, 0) is 30.9 Å². The van der Waals surface area contributed by atoms with Gasteiger partial charge in [0, 0.05) is 0 Å². The Labute approximate surface area is 126 Å². The molecule has 116 valence electrons. The summed E-state index contributed by atoms with van der Waals surface area (Å²) in [6.45, 7) is 8.01. The van der Waals surface area contributed by atoms with Gasteiger partial charge >= 0.3 is 11.9 Å². The molecule has 21 heavy (non-hydrogen) atoms. The molecular formula is C17H24O4. The van der Waals surface area contributed by atoms with Crippen LogP contribution < -0.4 is 0 Å². The number of esters is 2. The van der Waals surface area contributed by atoms with E-state index in [2.05, 4.69) is 0 Å². The molecule has 0 saturated heterocycles. The van der Waals surface area contributed by atoms with E-state index in [1.54, 1.807) is 19.1 Å². The molecule has 0 aliphatic carbocycles. The molecule has 1 rings (SSSR count). The van der Waals surface area contributed by atoms with Crippen molar-refractivity contribution in [2.45, 2.75) is 46.6 Å². The highest BCUT2D eigenvalue weighted by Gasteiger charge is 2.18. The molecule has 0 radical (unpaired) electrons. The van der Waals surface area contributed by atoms with Gasteiger partial charge in [0.15, 0.2) is 0 Å². The van der Waals surface area contributed by atoms with E-state index in [0.717, 1.165) is 12.0 Å². The fourth-order valence-corrected chi connectivity index (χ4v) is 1.87. The Morgan fingerprint density at radius 3 is 2.43 bits per heavy atom. The summed E-state index contributed by atoms with van der Waals surface area (Å²) >= 11 is 0. The Balaban J connectivity index is 2.52. The first-order valence-electron chi connectivity index (χ1n) is 7.38. The summed E-state index contributed by atoms with van der Waals surface area (Å²) in [5.41, 5.74) is 1.50. The van der Waals surface area contributed by atoms with Crippen LogP contribution in [0.4, 0.5) is 0 Å². The highest BCUT2D eigenvalue weighted by molar-refractivity contribution is 5.91. The smallest absolute Gasteiger partial charge is 0.338 e. The molecule has 0 spiro atoms. The molecule has 1 aromatic rings. The van der Waals surface area contributed by atoms with Crippen molar-refractivity contribution in [2.24, 2.45) is 5.92 Å². The van der Waals surface area contributed by atoms with E-state index >= 15 is 0 Å². The topological polar surface area (TPSA) is 52.6 Å². The van der Waals surface area contributed by atoms with Crippen molar-refractivity contribution in [2.75, 3.05) is 6.61 Å². The quantitative estimate of drug-likeness (QED) is 0.723.